The molecule has 2 amide bonds. The summed E-state index contributed by atoms with van der Waals surface area (Å²) < 4.78 is 0. The van der Waals surface area contributed by atoms with E-state index in [0.717, 1.165) is 16.8 Å². The van der Waals surface area contributed by atoms with Crippen LogP contribution in [0.1, 0.15) is 12.0 Å². The number of carboxylic acids is 1. The van der Waals surface area contributed by atoms with E-state index in [1.165, 1.54) is 0 Å². The van der Waals surface area contributed by atoms with E-state index in [1.54, 1.807) is 21.9 Å². The van der Waals surface area contributed by atoms with Gasteiger partial charge in [0.1, 0.15) is 5.84 Å². The van der Waals surface area contributed by atoms with E-state index < -0.39 is 5.97 Å². The van der Waals surface area contributed by atoms with Crippen molar-refractivity contribution in [1.82, 2.24) is 4.90 Å². The molecule has 7 nitrogen and oxygen atoms in total. The summed E-state index contributed by atoms with van der Waals surface area (Å²) in [7, 11) is 0. The number of benzene rings is 2. The van der Waals surface area contributed by atoms with Gasteiger partial charge in [0.15, 0.2) is 0 Å². The highest BCUT2D eigenvalue weighted by Gasteiger charge is 2.29. The highest BCUT2D eigenvalue weighted by Crippen LogP contribution is 2.28. The molecule has 1 aliphatic rings. The lowest BCUT2D eigenvalue weighted by Crippen LogP contribution is -2.33. The standard InChI is InChI=1S/C19H19ClN4O3/c20-16-11-13(3-6-15(16)18(21)22)12-1-4-14(5-2-12)24-10-9-23(19(24)27)8-7-17(25)26/h1-6,11H,7-10H2,(H3,21,22)(H,25,26). The Balaban J connectivity index is 1.74. The normalized spacial score (nSPS) is 13.9. The second-order valence-electron chi connectivity index (χ2n) is 6.22. The zero-order valence-electron chi connectivity index (χ0n) is 14.5. The quantitative estimate of drug-likeness (QED) is 0.523. The van der Waals surface area contributed by atoms with Crippen molar-refractivity contribution in [3.8, 4) is 11.1 Å². The Morgan fingerprint density at radius 1 is 1.15 bits per heavy atom. The van der Waals surface area contributed by atoms with Crippen LogP contribution in [0.2, 0.25) is 5.02 Å². The fraction of sp³-hybridized carbons (Fsp3) is 0.211. The number of hydrogen-bond acceptors (Lipinski definition) is 3. The summed E-state index contributed by atoms with van der Waals surface area (Å²) in [5, 5.41) is 16.7. The summed E-state index contributed by atoms with van der Waals surface area (Å²) in [4.78, 5) is 26.3. The van der Waals surface area contributed by atoms with Crippen molar-refractivity contribution in [3.63, 3.8) is 0 Å². The van der Waals surface area contributed by atoms with Gasteiger partial charge in [-0.3, -0.25) is 15.1 Å². The highest BCUT2D eigenvalue weighted by molar-refractivity contribution is 6.34. The minimum absolute atomic E-state index is 0.0600. The van der Waals surface area contributed by atoms with Crippen molar-refractivity contribution in [1.29, 1.82) is 5.41 Å². The number of nitrogens with one attached hydrogen (secondary N) is 1. The monoisotopic (exact) mass is 386 g/mol. The molecule has 1 saturated heterocycles. The van der Waals surface area contributed by atoms with Gasteiger partial charge in [-0.05, 0) is 35.4 Å². The molecule has 0 unspecified atom stereocenters. The summed E-state index contributed by atoms with van der Waals surface area (Å²) in [5.41, 5.74) is 8.53. The number of nitrogens with zero attached hydrogens (tertiary/aromatic N) is 2. The number of nitrogen functional groups attached to an aromatic ring is 1. The summed E-state index contributed by atoms with van der Waals surface area (Å²) in [6, 6.07) is 12.6. The molecule has 2 aromatic rings. The van der Waals surface area contributed by atoms with Crippen LogP contribution >= 0.6 is 11.6 Å². The third-order valence-electron chi connectivity index (χ3n) is 4.46. The smallest absolute Gasteiger partial charge is 0.324 e. The molecule has 0 radical (unpaired) electrons. The lowest BCUT2D eigenvalue weighted by Gasteiger charge is -2.18. The summed E-state index contributed by atoms with van der Waals surface area (Å²) in [5.74, 6) is -0.998. The Morgan fingerprint density at radius 3 is 2.41 bits per heavy atom. The molecule has 1 aliphatic heterocycles. The maximum atomic E-state index is 12.4. The number of rotatable bonds is 6. The van der Waals surface area contributed by atoms with E-state index >= 15 is 0 Å². The SMILES string of the molecule is N=C(N)c1ccc(-c2ccc(N3CCN(CCC(=O)O)C3=O)cc2)cc1Cl. The molecule has 0 spiro atoms. The Hall–Kier alpha value is -3.06. The van der Waals surface area contributed by atoms with Crippen LogP contribution in [0.15, 0.2) is 42.5 Å². The topological polar surface area (TPSA) is 111 Å². The zero-order chi connectivity index (χ0) is 19.6. The fourth-order valence-electron chi connectivity index (χ4n) is 3.01. The molecule has 2 aromatic carbocycles. The Labute approximate surface area is 161 Å². The molecule has 8 heteroatoms. The first-order valence-corrected chi connectivity index (χ1v) is 8.77. The number of amidine groups is 1. The number of hydrogen-bond donors (Lipinski definition) is 3. The number of carboxylic acid groups (broad SMARTS) is 1. The van der Waals surface area contributed by atoms with Gasteiger partial charge in [0.05, 0.1) is 11.4 Å². The molecule has 3 rings (SSSR count). The van der Waals surface area contributed by atoms with Crippen LogP contribution in [0.4, 0.5) is 10.5 Å². The number of carbonyl (C=O) groups excluding carboxylic acids is 1. The molecule has 0 aromatic heterocycles. The van der Waals surface area contributed by atoms with Gasteiger partial charge in [0, 0.05) is 30.9 Å². The average molecular weight is 387 g/mol. The van der Waals surface area contributed by atoms with Crippen molar-refractivity contribution >= 4 is 35.1 Å². The van der Waals surface area contributed by atoms with E-state index in [9.17, 15) is 9.59 Å². The van der Waals surface area contributed by atoms with Crippen LogP contribution in [0.25, 0.3) is 11.1 Å². The van der Waals surface area contributed by atoms with Crippen LogP contribution in [0.5, 0.6) is 0 Å². The van der Waals surface area contributed by atoms with Gasteiger partial charge in [-0.1, -0.05) is 29.8 Å². The van der Waals surface area contributed by atoms with Crippen LogP contribution in [-0.4, -0.2) is 47.5 Å². The first-order chi connectivity index (χ1) is 12.9. The highest BCUT2D eigenvalue weighted by atomic mass is 35.5. The molecule has 0 aliphatic carbocycles. The van der Waals surface area contributed by atoms with Crippen molar-refractivity contribution in [2.24, 2.45) is 5.73 Å². The van der Waals surface area contributed by atoms with Gasteiger partial charge >= 0.3 is 12.0 Å². The zero-order valence-corrected chi connectivity index (χ0v) is 15.2. The van der Waals surface area contributed by atoms with Gasteiger partial charge in [-0.15, -0.1) is 0 Å². The summed E-state index contributed by atoms with van der Waals surface area (Å²) in [6.45, 7) is 1.25. The Kier molecular flexibility index (Phi) is 5.32. The molecule has 0 atom stereocenters. The molecule has 0 bridgehead atoms. The number of anilines is 1. The fourth-order valence-corrected chi connectivity index (χ4v) is 3.29. The molecule has 140 valence electrons. The van der Waals surface area contributed by atoms with E-state index in [1.807, 2.05) is 30.3 Å². The molecule has 1 heterocycles. The van der Waals surface area contributed by atoms with Gasteiger partial charge in [0.25, 0.3) is 0 Å². The van der Waals surface area contributed by atoms with Crippen molar-refractivity contribution in [2.45, 2.75) is 6.42 Å². The summed E-state index contributed by atoms with van der Waals surface area (Å²) >= 11 is 6.18. The first-order valence-electron chi connectivity index (χ1n) is 8.39. The van der Waals surface area contributed by atoms with Gasteiger partial charge in [0.2, 0.25) is 0 Å². The first kappa shape index (κ1) is 18.7. The largest absolute Gasteiger partial charge is 0.481 e. The molecule has 0 saturated carbocycles. The second kappa shape index (κ2) is 7.67. The summed E-state index contributed by atoms with van der Waals surface area (Å²) in [6.07, 6.45) is -0.0600. The Morgan fingerprint density at radius 2 is 1.81 bits per heavy atom. The maximum absolute atomic E-state index is 12.4. The number of urea groups is 1. The molecule has 4 N–H and O–H groups in total. The number of nitrogens with two attached hydrogens (primary N) is 1. The molecule has 27 heavy (non-hydrogen) atoms. The average Bonchev–Trinajstić information content (AvgIpc) is 3.00. The van der Waals surface area contributed by atoms with E-state index in [2.05, 4.69) is 0 Å². The lowest BCUT2D eigenvalue weighted by atomic mass is 10.0. The van der Waals surface area contributed by atoms with Gasteiger partial charge < -0.3 is 15.7 Å². The minimum Gasteiger partial charge on any atom is -0.481 e. The number of amides is 2. The van der Waals surface area contributed by atoms with E-state index in [4.69, 9.17) is 27.9 Å². The number of aliphatic carboxylic acids is 1. The third kappa shape index (κ3) is 4.03. The Bertz CT molecular complexity index is 898. The predicted molar refractivity (Wildman–Crippen MR) is 104 cm³/mol. The minimum atomic E-state index is -0.917. The number of carbonyl (C=O) groups is 2. The lowest BCUT2D eigenvalue weighted by molar-refractivity contribution is -0.137. The molecule has 1 fully saturated rings. The van der Waals surface area contributed by atoms with Crippen molar-refractivity contribution in [2.75, 3.05) is 24.5 Å². The van der Waals surface area contributed by atoms with Gasteiger partial charge in [-0.2, -0.15) is 0 Å². The van der Waals surface area contributed by atoms with Crippen molar-refractivity contribution < 1.29 is 14.7 Å². The van der Waals surface area contributed by atoms with E-state index in [0.29, 0.717) is 23.7 Å². The van der Waals surface area contributed by atoms with Crippen LogP contribution < -0.4 is 10.6 Å². The van der Waals surface area contributed by atoms with Crippen molar-refractivity contribution in [3.05, 3.63) is 53.1 Å². The maximum Gasteiger partial charge on any atom is 0.324 e. The van der Waals surface area contributed by atoms with E-state index in [-0.39, 0.29) is 24.8 Å². The number of halogens is 1. The van der Waals surface area contributed by atoms with Crippen LogP contribution in [0.3, 0.4) is 0 Å². The van der Waals surface area contributed by atoms with Gasteiger partial charge in [-0.25, -0.2) is 4.79 Å². The molecular formula is C19H19ClN4O3. The predicted octanol–water partition coefficient (Wildman–Crippen LogP) is 3.01. The van der Waals surface area contributed by atoms with Crippen LogP contribution in [-0.2, 0) is 4.79 Å². The molecular weight excluding hydrogens is 368 g/mol. The second-order valence-corrected chi connectivity index (χ2v) is 6.63. The third-order valence-corrected chi connectivity index (χ3v) is 4.77. The van der Waals surface area contributed by atoms with Crippen LogP contribution in [0, 0.1) is 5.41 Å².